The Labute approximate surface area is 149 Å². The van der Waals surface area contributed by atoms with Crippen molar-refractivity contribution >= 4 is 11.6 Å². The Morgan fingerprint density at radius 1 is 1.24 bits per heavy atom. The maximum absolute atomic E-state index is 12.9. The average molecular weight is 344 g/mol. The lowest BCUT2D eigenvalue weighted by molar-refractivity contribution is -0.136. The van der Waals surface area contributed by atoms with E-state index >= 15 is 0 Å². The maximum Gasteiger partial charge on any atom is 0.164 e. The molecule has 0 bridgehead atoms. The van der Waals surface area contributed by atoms with Gasteiger partial charge in [-0.1, -0.05) is 34.6 Å². The van der Waals surface area contributed by atoms with Crippen molar-refractivity contribution in [1.29, 1.82) is 0 Å². The number of phenols is 1. The molecule has 25 heavy (non-hydrogen) atoms. The minimum atomic E-state index is -0.573. The highest BCUT2D eigenvalue weighted by molar-refractivity contribution is 6.02. The Kier molecular flexibility index (Phi) is 4.01. The van der Waals surface area contributed by atoms with Gasteiger partial charge >= 0.3 is 0 Å². The highest BCUT2D eigenvalue weighted by Crippen LogP contribution is 2.59. The van der Waals surface area contributed by atoms with E-state index in [0.717, 1.165) is 5.56 Å². The number of methoxy groups -OCH3 is 1. The van der Waals surface area contributed by atoms with Gasteiger partial charge in [-0.05, 0) is 24.3 Å². The van der Waals surface area contributed by atoms with E-state index in [4.69, 9.17) is 4.74 Å². The van der Waals surface area contributed by atoms with Crippen molar-refractivity contribution in [3.63, 3.8) is 0 Å². The van der Waals surface area contributed by atoms with E-state index in [-0.39, 0.29) is 29.2 Å². The number of hydrogen-bond acceptors (Lipinski definition) is 4. The number of aromatic hydroxyl groups is 1. The van der Waals surface area contributed by atoms with Crippen molar-refractivity contribution < 1.29 is 19.4 Å². The largest absolute Gasteiger partial charge is 0.504 e. The zero-order chi connectivity index (χ0) is 18.7. The van der Waals surface area contributed by atoms with Crippen molar-refractivity contribution in [1.82, 2.24) is 0 Å². The third kappa shape index (κ3) is 2.33. The lowest BCUT2D eigenvalue weighted by atomic mass is 9.49. The first-order chi connectivity index (χ1) is 11.6. The molecule has 0 heterocycles. The van der Waals surface area contributed by atoms with Crippen LogP contribution in [0.5, 0.6) is 11.5 Å². The van der Waals surface area contributed by atoms with Crippen molar-refractivity contribution in [2.45, 2.75) is 65.2 Å². The number of fused-ring (bicyclic) bond motifs is 3. The zero-order valence-corrected chi connectivity index (χ0v) is 16.0. The van der Waals surface area contributed by atoms with Gasteiger partial charge in [0.25, 0.3) is 0 Å². The van der Waals surface area contributed by atoms with E-state index in [1.54, 1.807) is 7.11 Å². The predicted octanol–water partition coefficient (Wildman–Crippen LogP) is 4.37. The lowest BCUT2D eigenvalue weighted by Crippen LogP contribution is -2.53. The van der Waals surface area contributed by atoms with Gasteiger partial charge in [0, 0.05) is 40.4 Å². The molecule has 1 saturated carbocycles. The van der Waals surface area contributed by atoms with Gasteiger partial charge < -0.3 is 9.84 Å². The number of Topliss-reactive ketones (excluding diaryl/α,β-unsaturated/α-hetero) is 2. The average Bonchev–Trinajstić information content (AvgIpc) is 2.53. The molecule has 0 aliphatic heterocycles. The van der Waals surface area contributed by atoms with Gasteiger partial charge in [0.15, 0.2) is 17.3 Å². The van der Waals surface area contributed by atoms with Gasteiger partial charge in [-0.2, -0.15) is 0 Å². The third-order valence-electron chi connectivity index (χ3n) is 6.60. The number of ketones is 2. The first-order valence-corrected chi connectivity index (χ1v) is 9.06. The van der Waals surface area contributed by atoms with Gasteiger partial charge in [-0.25, -0.2) is 0 Å². The molecule has 4 heteroatoms. The van der Waals surface area contributed by atoms with Gasteiger partial charge in [0.05, 0.1) is 7.11 Å². The fourth-order valence-corrected chi connectivity index (χ4v) is 5.05. The molecule has 0 unspecified atom stereocenters. The summed E-state index contributed by atoms with van der Waals surface area (Å²) in [6.07, 6.45) is 1.48. The molecule has 2 aliphatic rings. The summed E-state index contributed by atoms with van der Waals surface area (Å²) in [4.78, 5) is 25.4. The molecule has 1 aromatic rings. The number of ether oxygens (including phenoxy) is 1. The molecule has 2 atom stereocenters. The number of phenolic OH excluding ortho intramolecular Hbond substituents is 1. The Bertz CT molecular complexity index is 760. The minimum Gasteiger partial charge on any atom is -0.504 e. The van der Waals surface area contributed by atoms with Crippen LogP contribution >= 0.6 is 0 Å². The van der Waals surface area contributed by atoms with Crippen molar-refractivity contribution in [2.75, 3.05) is 7.11 Å². The van der Waals surface area contributed by atoms with Crippen LogP contribution in [0.15, 0.2) is 6.07 Å². The van der Waals surface area contributed by atoms with E-state index in [0.29, 0.717) is 36.1 Å². The first-order valence-electron chi connectivity index (χ1n) is 9.06. The second-order valence-electron chi connectivity index (χ2n) is 8.67. The summed E-state index contributed by atoms with van der Waals surface area (Å²) in [5.41, 5.74) is 1.14. The topological polar surface area (TPSA) is 63.6 Å². The molecule has 0 spiro atoms. The molecule has 0 saturated heterocycles. The van der Waals surface area contributed by atoms with Crippen LogP contribution in [-0.2, 0) is 10.2 Å². The van der Waals surface area contributed by atoms with Crippen molar-refractivity contribution in [3.05, 3.63) is 22.8 Å². The second-order valence-corrected chi connectivity index (χ2v) is 8.67. The minimum absolute atomic E-state index is 0.0140. The maximum atomic E-state index is 12.9. The molecule has 136 valence electrons. The first kappa shape index (κ1) is 18.0. The van der Waals surface area contributed by atoms with Crippen LogP contribution in [0.1, 0.15) is 81.3 Å². The molecule has 1 N–H and O–H groups in total. The molecule has 3 rings (SSSR count). The molecule has 0 amide bonds. The highest BCUT2D eigenvalue weighted by atomic mass is 16.5. The number of rotatable bonds is 2. The van der Waals surface area contributed by atoms with Gasteiger partial charge in [0.2, 0.25) is 0 Å². The van der Waals surface area contributed by atoms with Crippen LogP contribution in [0.4, 0.5) is 0 Å². The van der Waals surface area contributed by atoms with E-state index in [2.05, 4.69) is 6.92 Å². The fourth-order valence-electron chi connectivity index (χ4n) is 5.05. The number of benzene rings is 1. The summed E-state index contributed by atoms with van der Waals surface area (Å²) < 4.78 is 5.51. The SMILES string of the molecule is COc1c(C(C)C)cc2c(c1O)[C@@]1(C)CCC(=O)C(C)(C)[C@@H]1CC2=O. The normalized spacial score (nSPS) is 27.9. The molecule has 0 radical (unpaired) electrons. The predicted molar refractivity (Wildman–Crippen MR) is 96.6 cm³/mol. The summed E-state index contributed by atoms with van der Waals surface area (Å²) in [6.45, 7) is 10.00. The van der Waals surface area contributed by atoms with Crippen LogP contribution in [0.2, 0.25) is 0 Å². The Morgan fingerprint density at radius 2 is 1.88 bits per heavy atom. The Hall–Kier alpha value is -1.84. The summed E-state index contributed by atoms with van der Waals surface area (Å²) in [5.74, 6) is 0.778. The Morgan fingerprint density at radius 3 is 2.44 bits per heavy atom. The van der Waals surface area contributed by atoms with E-state index in [9.17, 15) is 14.7 Å². The molecule has 1 fully saturated rings. The number of carbonyl (C=O) groups excluding carboxylic acids is 2. The molecule has 1 aromatic carbocycles. The summed E-state index contributed by atoms with van der Waals surface area (Å²) in [7, 11) is 1.55. The lowest BCUT2D eigenvalue weighted by Gasteiger charge is -2.52. The quantitative estimate of drug-likeness (QED) is 0.865. The van der Waals surface area contributed by atoms with Gasteiger partial charge in [-0.3, -0.25) is 9.59 Å². The Balaban J connectivity index is 2.31. The van der Waals surface area contributed by atoms with Crippen LogP contribution in [0.25, 0.3) is 0 Å². The second kappa shape index (κ2) is 5.58. The van der Waals surface area contributed by atoms with Crippen LogP contribution < -0.4 is 4.74 Å². The molecular formula is C21H28O4. The van der Waals surface area contributed by atoms with Gasteiger partial charge in [0.1, 0.15) is 5.78 Å². The van der Waals surface area contributed by atoms with E-state index < -0.39 is 10.8 Å². The number of hydrogen-bond donors (Lipinski definition) is 1. The van der Waals surface area contributed by atoms with Crippen LogP contribution in [-0.4, -0.2) is 23.8 Å². The van der Waals surface area contributed by atoms with Crippen LogP contribution in [0.3, 0.4) is 0 Å². The summed E-state index contributed by atoms with van der Waals surface area (Å²) in [6, 6.07) is 1.89. The van der Waals surface area contributed by atoms with Crippen molar-refractivity contribution in [3.8, 4) is 11.5 Å². The zero-order valence-electron chi connectivity index (χ0n) is 16.0. The molecular weight excluding hydrogens is 316 g/mol. The highest BCUT2D eigenvalue weighted by Gasteiger charge is 2.56. The van der Waals surface area contributed by atoms with E-state index in [1.165, 1.54) is 0 Å². The van der Waals surface area contributed by atoms with Crippen molar-refractivity contribution in [2.24, 2.45) is 11.3 Å². The molecule has 4 nitrogen and oxygen atoms in total. The smallest absolute Gasteiger partial charge is 0.164 e. The van der Waals surface area contributed by atoms with E-state index in [1.807, 2.05) is 33.8 Å². The molecule has 2 aliphatic carbocycles. The standard InChI is InChI=1S/C21H28O4/c1-11(2)12-9-13-14(22)10-15-20(3,4)16(23)7-8-21(15,5)17(13)18(24)19(12)25-6/h9,11,15,24H,7-8,10H2,1-6H3/t15-,21-/m0/s1. The fraction of sp³-hybridized carbons (Fsp3) is 0.619. The number of carbonyl (C=O) groups is 2. The summed E-state index contributed by atoms with van der Waals surface area (Å²) >= 11 is 0. The third-order valence-corrected chi connectivity index (χ3v) is 6.60. The van der Waals surface area contributed by atoms with Gasteiger partial charge in [-0.15, -0.1) is 0 Å². The molecule has 0 aromatic heterocycles. The van der Waals surface area contributed by atoms with Crippen LogP contribution in [0, 0.1) is 11.3 Å². The summed E-state index contributed by atoms with van der Waals surface area (Å²) in [5, 5.41) is 11.1. The monoisotopic (exact) mass is 344 g/mol.